The molecule has 2 fully saturated rings. The summed E-state index contributed by atoms with van der Waals surface area (Å²) in [5, 5.41) is 11.4. The Morgan fingerprint density at radius 1 is 1.00 bits per heavy atom. The van der Waals surface area contributed by atoms with Crippen LogP contribution < -0.4 is 4.90 Å². The van der Waals surface area contributed by atoms with E-state index >= 15 is 0 Å². The van der Waals surface area contributed by atoms with Crippen LogP contribution in [0.5, 0.6) is 0 Å². The molecule has 3 aliphatic heterocycles. The van der Waals surface area contributed by atoms with Gasteiger partial charge in [0, 0.05) is 43.9 Å². The number of amides is 2. The number of aliphatic hydroxyl groups excluding tert-OH is 1. The van der Waals surface area contributed by atoms with Gasteiger partial charge in [0.05, 0.1) is 24.5 Å². The number of ketones is 1. The first-order valence-corrected chi connectivity index (χ1v) is 12.2. The zero-order chi connectivity index (χ0) is 25.3. The first-order valence-electron chi connectivity index (χ1n) is 12.2. The minimum absolute atomic E-state index is 0.186. The molecule has 2 saturated heterocycles. The Kier molecular flexibility index (Phi) is 6.47. The molecule has 1 atom stereocenters. The van der Waals surface area contributed by atoms with Crippen LogP contribution >= 0.6 is 0 Å². The predicted molar refractivity (Wildman–Crippen MR) is 135 cm³/mol. The van der Waals surface area contributed by atoms with Crippen molar-refractivity contribution in [3.05, 3.63) is 84.0 Å². The Bertz CT molecular complexity index is 1230. The second-order valence-corrected chi connectivity index (χ2v) is 9.12. The van der Waals surface area contributed by atoms with Gasteiger partial charge in [0.15, 0.2) is 5.54 Å². The van der Waals surface area contributed by atoms with E-state index in [1.165, 1.54) is 9.80 Å². The van der Waals surface area contributed by atoms with Gasteiger partial charge in [-0.05, 0) is 12.5 Å². The van der Waals surface area contributed by atoms with Gasteiger partial charge in [0.1, 0.15) is 5.76 Å². The molecule has 3 heterocycles. The monoisotopic (exact) mass is 487 g/mol. The average molecular weight is 488 g/mol. The van der Waals surface area contributed by atoms with Crippen molar-refractivity contribution in [3.63, 3.8) is 0 Å². The Balaban J connectivity index is 1.65. The second kappa shape index (κ2) is 9.72. The lowest BCUT2D eigenvalue weighted by Crippen LogP contribution is -2.52. The van der Waals surface area contributed by atoms with E-state index in [0.29, 0.717) is 43.0 Å². The first-order chi connectivity index (χ1) is 17.5. The van der Waals surface area contributed by atoms with E-state index < -0.39 is 23.1 Å². The summed E-state index contributed by atoms with van der Waals surface area (Å²) in [5.74, 6) is -2.43. The number of aliphatic hydroxyl groups is 1. The number of Topliss-reactive ketones (excluding diaryl/α,β-unsaturated/α-hetero) is 1. The highest BCUT2D eigenvalue weighted by Gasteiger charge is 2.66. The molecular weight excluding hydrogens is 458 g/mol. The summed E-state index contributed by atoms with van der Waals surface area (Å²) in [6, 6.07) is 15.7. The van der Waals surface area contributed by atoms with Gasteiger partial charge in [-0.1, -0.05) is 54.6 Å². The molecule has 0 bridgehead atoms. The van der Waals surface area contributed by atoms with Crippen LogP contribution in [-0.4, -0.2) is 78.4 Å². The first kappa shape index (κ1) is 24.0. The normalized spacial score (nSPS) is 23.5. The summed E-state index contributed by atoms with van der Waals surface area (Å²) in [6.45, 7) is 7.79. The Hall–Kier alpha value is -3.75. The van der Waals surface area contributed by atoms with Crippen molar-refractivity contribution in [2.45, 2.75) is 12.0 Å². The number of likely N-dealkylation sites (tertiary alicyclic amines) is 1. The van der Waals surface area contributed by atoms with E-state index in [2.05, 4.69) is 11.5 Å². The number of benzene rings is 2. The largest absolute Gasteiger partial charge is 0.507 e. The van der Waals surface area contributed by atoms with Crippen LogP contribution in [0.4, 0.5) is 5.69 Å². The van der Waals surface area contributed by atoms with Crippen molar-refractivity contribution in [1.29, 1.82) is 0 Å². The van der Waals surface area contributed by atoms with Crippen molar-refractivity contribution in [3.8, 4) is 0 Å². The number of morpholine rings is 1. The SMILES string of the molecule is C=CCN1C(=O)C2(/C(=C(\O)c3ccccc3)C(=O)C(=O)N2CCCN2CCOCC2)c2ccccc21. The van der Waals surface area contributed by atoms with E-state index in [4.69, 9.17) is 4.74 Å². The highest BCUT2D eigenvalue weighted by molar-refractivity contribution is 6.50. The van der Waals surface area contributed by atoms with Crippen LogP contribution in [0.25, 0.3) is 5.76 Å². The lowest BCUT2D eigenvalue weighted by Gasteiger charge is -2.35. The molecule has 0 aliphatic carbocycles. The maximum atomic E-state index is 14.2. The van der Waals surface area contributed by atoms with Gasteiger partial charge in [0.25, 0.3) is 17.6 Å². The number of hydrogen-bond donors (Lipinski definition) is 1. The maximum absolute atomic E-state index is 14.2. The smallest absolute Gasteiger partial charge is 0.296 e. The lowest BCUT2D eigenvalue weighted by molar-refractivity contribution is -0.143. The van der Waals surface area contributed by atoms with Crippen molar-refractivity contribution >= 4 is 29.0 Å². The third-order valence-corrected chi connectivity index (χ3v) is 7.13. The highest BCUT2D eigenvalue weighted by atomic mass is 16.5. The zero-order valence-electron chi connectivity index (χ0n) is 20.1. The molecule has 8 heteroatoms. The van der Waals surface area contributed by atoms with Crippen LogP contribution in [0.15, 0.2) is 72.8 Å². The number of rotatable bonds is 7. The molecule has 36 heavy (non-hydrogen) atoms. The summed E-state index contributed by atoms with van der Waals surface area (Å²) >= 11 is 0. The molecule has 0 saturated carbocycles. The topological polar surface area (TPSA) is 90.4 Å². The lowest BCUT2D eigenvalue weighted by atomic mass is 9.82. The molecule has 1 N–H and O–H groups in total. The van der Waals surface area contributed by atoms with Gasteiger partial charge in [0.2, 0.25) is 0 Å². The summed E-state index contributed by atoms with van der Waals surface area (Å²) < 4.78 is 5.41. The molecular formula is C28H29N3O5. The van der Waals surface area contributed by atoms with Gasteiger partial charge < -0.3 is 19.6 Å². The fourth-order valence-corrected chi connectivity index (χ4v) is 5.49. The minimum atomic E-state index is -1.74. The average Bonchev–Trinajstić information content (AvgIpc) is 3.29. The van der Waals surface area contributed by atoms with Gasteiger partial charge in [-0.2, -0.15) is 0 Å². The van der Waals surface area contributed by atoms with Crippen LogP contribution in [-0.2, 0) is 24.7 Å². The zero-order valence-corrected chi connectivity index (χ0v) is 20.1. The van der Waals surface area contributed by atoms with E-state index in [0.717, 1.165) is 13.1 Å². The van der Waals surface area contributed by atoms with Gasteiger partial charge in [-0.15, -0.1) is 6.58 Å². The molecule has 186 valence electrons. The molecule has 8 nitrogen and oxygen atoms in total. The fourth-order valence-electron chi connectivity index (χ4n) is 5.49. The Morgan fingerprint density at radius 2 is 1.69 bits per heavy atom. The summed E-state index contributed by atoms with van der Waals surface area (Å²) in [6.07, 6.45) is 2.17. The molecule has 1 spiro atoms. The highest BCUT2D eigenvalue weighted by Crippen LogP contribution is 2.53. The van der Waals surface area contributed by atoms with Crippen LogP contribution in [0.1, 0.15) is 17.5 Å². The molecule has 2 amide bonds. The van der Waals surface area contributed by atoms with Crippen molar-refractivity contribution in [2.24, 2.45) is 0 Å². The minimum Gasteiger partial charge on any atom is -0.507 e. The second-order valence-electron chi connectivity index (χ2n) is 9.12. The van der Waals surface area contributed by atoms with Gasteiger partial charge in [-0.25, -0.2) is 0 Å². The van der Waals surface area contributed by atoms with Crippen molar-refractivity contribution in [2.75, 3.05) is 50.8 Å². The number of ether oxygens (including phenoxy) is 1. The third kappa shape index (κ3) is 3.65. The summed E-state index contributed by atoms with van der Waals surface area (Å²) in [4.78, 5) is 46.5. The summed E-state index contributed by atoms with van der Waals surface area (Å²) in [7, 11) is 0. The van der Waals surface area contributed by atoms with Crippen LogP contribution in [0, 0.1) is 0 Å². The molecule has 3 aliphatic rings. The van der Waals surface area contributed by atoms with E-state index in [1.807, 2.05) is 6.07 Å². The third-order valence-electron chi connectivity index (χ3n) is 7.13. The number of fused-ring (bicyclic) bond motifs is 2. The Morgan fingerprint density at radius 3 is 2.42 bits per heavy atom. The van der Waals surface area contributed by atoms with E-state index in [1.54, 1.807) is 54.6 Å². The number of carbonyl (C=O) groups is 3. The van der Waals surface area contributed by atoms with Gasteiger partial charge >= 0.3 is 0 Å². The number of carbonyl (C=O) groups excluding carboxylic acids is 3. The molecule has 2 aromatic carbocycles. The van der Waals surface area contributed by atoms with E-state index in [9.17, 15) is 19.5 Å². The Labute approximate surface area is 210 Å². The molecule has 1 unspecified atom stereocenters. The van der Waals surface area contributed by atoms with Crippen molar-refractivity contribution < 1.29 is 24.2 Å². The molecule has 2 aromatic rings. The van der Waals surface area contributed by atoms with Crippen LogP contribution in [0.2, 0.25) is 0 Å². The van der Waals surface area contributed by atoms with Gasteiger partial charge in [-0.3, -0.25) is 19.3 Å². The number of nitrogens with zero attached hydrogens (tertiary/aromatic N) is 3. The molecule has 0 radical (unpaired) electrons. The quantitative estimate of drug-likeness (QED) is 0.279. The number of para-hydroxylation sites is 1. The number of anilines is 1. The molecule has 5 rings (SSSR count). The summed E-state index contributed by atoms with van der Waals surface area (Å²) in [5.41, 5.74) is -0.440. The molecule has 0 aromatic heterocycles. The van der Waals surface area contributed by atoms with E-state index in [-0.39, 0.29) is 24.4 Å². The maximum Gasteiger partial charge on any atom is 0.296 e. The number of hydrogen-bond acceptors (Lipinski definition) is 6. The van der Waals surface area contributed by atoms with Crippen LogP contribution in [0.3, 0.4) is 0 Å². The standard InChI is InChI=1S/C28H29N3O5/c1-2-13-30-22-12-7-6-11-21(22)28(27(30)35)23(24(32)20-9-4-3-5-10-20)25(33)26(34)31(28)15-8-14-29-16-18-36-19-17-29/h2-7,9-12,32H,1,8,13-19H2/b24-23-. The predicted octanol–water partition coefficient (Wildman–Crippen LogP) is 2.52. The van der Waals surface area contributed by atoms with Crippen molar-refractivity contribution in [1.82, 2.24) is 9.80 Å². The fraction of sp³-hybridized carbons (Fsp3) is 0.321.